The lowest BCUT2D eigenvalue weighted by atomic mass is 9.90. The zero-order valence-electron chi connectivity index (χ0n) is 17.4. The minimum Gasteiger partial charge on any atom is -0.486 e. The summed E-state index contributed by atoms with van der Waals surface area (Å²) in [6.07, 6.45) is 3.59. The van der Waals surface area contributed by atoms with Crippen LogP contribution in [0.2, 0.25) is 5.02 Å². The molecule has 166 valence electrons. The van der Waals surface area contributed by atoms with E-state index in [0.717, 1.165) is 36.4 Å². The fourth-order valence-electron chi connectivity index (χ4n) is 3.75. The number of benzene rings is 2. The van der Waals surface area contributed by atoms with Gasteiger partial charge in [0.1, 0.15) is 23.1 Å². The number of nitrogens with zero attached hydrogens (tertiary/aromatic N) is 1. The van der Waals surface area contributed by atoms with Gasteiger partial charge in [0, 0.05) is 17.5 Å². The van der Waals surface area contributed by atoms with Gasteiger partial charge in [-0.15, -0.1) is 11.3 Å². The Balaban J connectivity index is 1.35. The molecule has 1 aliphatic rings. The molecule has 2 aromatic carbocycles. The summed E-state index contributed by atoms with van der Waals surface area (Å²) >= 11 is 7.54. The standard InChI is InChI=1S/C24H24ClN3O3S/c25-18-11-5-4-10-17(18)23(29)27-19-12-6-7-13-20(19)28-24(30)21-15-32-22(26-21)14-31-16-8-2-1-3-9-16/h1-5,8-11,15,19-20H,6-7,12-14H2,(H,27,29)(H,28,30)/t19-,20-/m1/s1. The Kier molecular flexibility index (Phi) is 7.39. The molecule has 1 fully saturated rings. The van der Waals surface area contributed by atoms with Crippen molar-refractivity contribution in [3.8, 4) is 5.75 Å². The molecule has 0 radical (unpaired) electrons. The van der Waals surface area contributed by atoms with Crippen LogP contribution in [-0.4, -0.2) is 28.9 Å². The smallest absolute Gasteiger partial charge is 0.271 e. The number of amides is 2. The van der Waals surface area contributed by atoms with E-state index < -0.39 is 0 Å². The second kappa shape index (κ2) is 10.6. The highest BCUT2D eigenvalue weighted by Gasteiger charge is 2.29. The van der Waals surface area contributed by atoms with Crippen LogP contribution >= 0.6 is 22.9 Å². The molecule has 1 aromatic heterocycles. The highest BCUT2D eigenvalue weighted by molar-refractivity contribution is 7.09. The lowest BCUT2D eigenvalue weighted by Gasteiger charge is -2.32. The topological polar surface area (TPSA) is 80.3 Å². The third kappa shape index (κ3) is 5.66. The third-order valence-electron chi connectivity index (χ3n) is 5.41. The maximum Gasteiger partial charge on any atom is 0.271 e. The van der Waals surface area contributed by atoms with Crippen LogP contribution in [0.25, 0.3) is 0 Å². The molecule has 0 saturated heterocycles. The van der Waals surface area contributed by atoms with E-state index in [4.69, 9.17) is 16.3 Å². The van der Waals surface area contributed by atoms with Crippen molar-refractivity contribution in [2.24, 2.45) is 0 Å². The summed E-state index contributed by atoms with van der Waals surface area (Å²) in [5.41, 5.74) is 0.802. The zero-order chi connectivity index (χ0) is 22.3. The summed E-state index contributed by atoms with van der Waals surface area (Å²) in [6, 6.07) is 16.1. The molecule has 0 unspecified atom stereocenters. The lowest BCUT2D eigenvalue weighted by Crippen LogP contribution is -2.53. The second-order valence-corrected chi connectivity index (χ2v) is 9.00. The molecular formula is C24H24ClN3O3S. The molecule has 1 aliphatic carbocycles. The first kappa shape index (κ1) is 22.3. The Bertz CT molecular complexity index is 1070. The Morgan fingerprint density at radius 3 is 2.34 bits per heavy atom. The van der Waals surface area contributed by atoms with E-state index in [1.54, 1.807) is 29.6 Å². The first-order chi connectivity index (χ1) is 15.6. The zero-order valence-corrected chi connectivity index (χ0v) is 19.0. The van der Waals surface area contributed by atoms with Crippen LogP contribution < -0.4 is 15.4 Å². The molecule has 4 rings (SSSR count). The van der Waals surface area contributed by atoms with Gasteiger partial charge in [0.2, 0.25) is 0 Å². The van der Waals surface area contributed by atoms with Gasteiger partial charge in [0.05, 0.1) is 10.6 Å². The van der Waals surface area contributed by atoms with Gasteiger partial charge in [0.15, 0.2) is 0 Å². The van der Waals surface area contributed by atoms with E-state index in [2.05, 4.69) is 15.6 Å². The van der Waals surface area contributed by atoms with Crippen LogP contribution in [0.4, 0.5) is 0 Å². The molecule has 8 heteroatoms. The highest BCUT2D eigenvalue weighted by atomic mass is 35.5. The first-order valence-corrected chi connectivity index (χ1v) is 11.8. The van der Waals surface area contributed by atoms with E-state index in [1.165, 1.54) is 11.3 Å². The van der Waals surface area contributed by atoms with Gasteiger partial charge in [0.25, 0.3) is 11.8 Å². The molecule has 6 nitrogen and oxygen atoms in total. The summed E-state index contributed by atoms with van der Waals surface area (Å²) in [6.45, 7) is 0.307. The van der Waals surface area contributed by atoms with Gasteiger partial charge in [-0.1, -0.05) is 54.8 Å². The van der Waals surface area contributed by atoms with E-state index in [1.807, 2.05) is 30.3 Å². The van der Waals surface area contributed by atoms with Gasteiger partial charge in [-0.2, -0.15) is 0 Å². The number of carbonyl (C=O) groups is 2. The van der Waals surface area contributed by atoms with Crippen molar-refractivity contribution in [2.45, 2.75) is 44.4 Å². The Morgan fingerprint density at radius 2 is 1.62 bits per heavy atom. The molecule has 3 aromatic rings. The maximum atomic E-state index is 12.8. The van der Waals surface area contributed by atoms with Crippen molar-refractivity contribution < 1.29 is 14.3 Å². The summed E-state index contributed by atoms with van der Waals surface area (Å²) in [4.78, 5) is 29.9. The number of hydrogen-bond acceptors (Lipinski definition) is 5. The maximum absolute atomic E-state index is 12.8. The SMILES string of the molecule is O=C(N[C@@H]1CCCC[C@H]1NC(=O)c1ccccc1Cl)c1csc(COc2ccccc2)n1. The molecule has 1 saturated carbocycles. The average molecular weight is 470 g/mol. The molecule has 1 heterocycles. The normalized spacial score (nSPS) is 18.0. The predicted octanol–water partition coefficient (Wildman–Crippen LogP) is 4.85. The molecule has 2 amide bonds. The molecule has 0 spiro atoms. The molecule has 0 bridgehead atoms. The summed E-state index contributed by atoms with van der Waals surface area (Å²) < 4.78 is 5.71. The van der Waals surface area contributed by atoms with Crippen LogP contribution in [0.1, 0.15) is 51.5 Å². The van der Waals surface area contributed by atoms with Crippen molar-refractivity contribution in [3.63, 3.8) is 0 Å². The predicted molar refractivity (Wildman–Crippen MR) is 125 cm³/mol. The average Bonchev–Trinajstić information content (AvgIpc) is 3.29. The quantitative estimate of drug-likeness (QED) is 0.518. The van der Waals surface area contributed by atoms with E-state index in [9.17, 15) is 9.59 Å². The largest absolute Gasteiger partial charge is 0.486 e. The number of ether oxygens (including phenoxy) is 1. The van der Waals surface area contributed by atoms with Crippen LogP contribution in [-0.2, 0) is 6.61 Å². The summed E-state index contributed by atoms with van der Waals surface area (Å²) in [7, 11) is 0. The van der Waals surface area contributed by atoms with E-state index in [0.29, 0.717) is 22.9 Å². The van der Waals surface area contributed by atoms with Crippen LogP contribution in [0.15, 0.2) is 60.0 Å². The van der Waals surface area contributed by atoms with Gasteiger partial charge in [-0.3, -0.25) is 9.59 Å². The fraction of sp³-hybridized carbons (Fsp3) is 0.292. The molecule has 32 heavy (non-hydrogen) atoms. The van der Waals surface area contributed by atoms with Crippen molar-refractivity contribution in [1.82, 2.24) is 15.6 Å². The summed E-state index contributed by atoms with van der Waals surface area (Å²) in [5.74, 6) is 0.292. The Labute approximate surface area is 196 Å². The minimum absolute atomic E-state index is 0.156. The van der Waals surface area contributed by atoms with Gasteiger partial charge in [-0.05, 0) is 37.1 Å². The second-order valence-electron chi connectivity index (χ2n) is 7.65. The Morgan fingerprint density at radius 1 is 0.969 bits per heavy atom. The molecule has 0 aliphatic heterocycles. The molecule has 2 atom stereocenters. The number of para-hydroxylation sites is 1. The van der Waals surface area contributed by atoms with Gasteiger partial charge < -0.3 is 15.4 Å². The highest BCUT2D eigenvalue weighted by Crippen LogP contribution is 2.22. The third-order valence-corrected chi connectivity index (χ3v) is 6.56. The minimum atomic E-state index is -0.240. The number of halogens is 1. The lowest BCUT2D eigenvalue weighted by molar-refractivity contribution is 0.0860. The van der Waals surface area contributed by atoms with E-state index >= 15 is 0 Å². The van der Waals surface area contributed by atoms with Crippen LogP contribution in [0, 0.1) is 0 Å². The number of carbonyl (C=O) groups excluding carboxylic acids is 2. The van der Waals surface area contributed by atoms with Crippen LogP contribution in [0.5, 0.6) is 5.75 Å². The number of aromatic nitrogens is 1. The molecule has 2 N–H and O–H groups in total. The van der Waals surface area contributed by atoms with Crippen molar-refractivity contribution >= 4 is 34.8 Å². The van der Waals surface area contributed by atoms with Crippen molar-refractivity contribution in [1.29, 1.82) is 0 Å². The van der Waals surface area contributed by atoms with Gasteiger partial charge in [-0.25, -0.2) is 4.98 Å². The number of hydrogen-bond donors (Lipinski definition) is 2. The Hall–Kier alpha value is -2.90. The number of thiazole rings is 1. The number of rotatable bonds is 7. The van der Waals surface area contributed by atoms with Crippen molar-refractivity contribution in [2.75, 3.05) is 0 Å². The first-order valence-electron chi connectivity index (χ1n) is 10.6. The van der Waals surface area contributed by atoms with E-state index in [-0.39, 0.29) is 23.9 Å². The fourth-order valence-corrected chi connectivity index (χ4v) is 4.66. The molecular weight excluding hydrogens is 446 g/mol. The van der Waals surface area contributed by atoms with Gasteiger partial charge >= 0.3 is 0 Å². The van der Waals surface area contributed by atoms with Crippen molar-refractivity contribution in [3.05, 3.63) is 81.3 Å². The monoisotopic (exact) mass is 469 g/mol. The summed E-state index contributed by atoms with van der Waals surface area (Å²) in [5, 5.41) is 8.99. The number of nitrogens with one attached hydrogen (secondary N) is 2. The van der Waals surface area contributed by atoms with Crippen LogP contribution in [0.3, 0.4) is 0 Å².